The van der Waals surface area contributed by atoms with E-state index in [2.05, 4.69) is 24.4 Å². The minimum Gasteiger partial charge on any atom is -0.494 e. The molecule has 1 rings (SSSR count). The van der Waals surface area contributed by atoms with E-state index < -0.39 is 0 Å². The van der Waals surface area contributed by atoms with Gasteiger partial charge in [-0.05, 0) is 37.6 Å². The summed E-state index contributed by atoms with van der Waals surface area (Å²) >= 11 is 1.78. The first-order chi connectivity index (χ1) is 9.31. The van der Waals surface area contributed by atoms with Crippen molar-refractivity contribution in [2.45, 2.75) is 26.3 Å². The Bertz CT molecular complexity index is 329. The lowest BCUT2D eigenvalue weighted by Crippen LogP contribution is -2.24. The molecule has 0 saturated carbocycles. The molecule has 0 spiro atoms. The molecule has 0 heterocycles. The molecule has 1 aromatic carbocycles. The molecule has 0 bridgehead atoms. The molecule has 0 saturated heterocycles. The van der Waals surface area contributed by atoms with Crippen molar-refractivity contribution in [3.05, 3.63) is 29.8 Å². The Balaban J connectivity index is 2.60. The average molecular weight is 283 g/mol. The third-order valence-corrected chi connectivity index (χ3v) is 3.79. The van der Waals surface area contributed by atoms with Gasteiger partial charge in [-0.3, -0.25) is 0 Å². The van der Waals surface area contributed by atoms with Crippen molar-refractivity contribution in [1.82, 2.24) is 5.32 Å². The van der Waals surface area contributed by atoms with Crippen LogP contribution in [0.4, 0.5) is 0 Å². The summed E-state index contributed by atoms with van der Waals surface area (Å²) in [6.45, 7) is 6.11. The van der Waals surface area contributed by atoms with Gasteiger partial charge in [0.1, 0.15) is 5.75 Å². The van der Waals surface area contributed by atoms with Crippen molar-refractivity contribution in [2.75, 3.05) is 31.3 Å². The number of nitrogens with one attached hydrogen (secondary N) is 1. The maximum atomic E-state index is 8.86. The quantitative estimate of drug-likeness (QED) is 0.648. The Kier molecular flexibility index (Phi) is 8.71. The molecule has 4 heteroatoms. The van der Waals surface area contributed by atoms with Crippen LogP contribution in [0, 0.1) is 0 Å². The average Bonchev–Trinajstić information content (AvgIpc) is 2.44. The zero-order valence-electron chi connectivity index (χ0n) is 11.9. The number of ether oxygens (including phenoxy) is 1. The molecule has 2 N–H and O–H groups in total. The molecule has 1 aromatic rings. The van der Waals surface area contributed by atoms with Crippen LogP contribution in [0.15, 0.2) is 24.3 Å². The van der Waals surface area contributed by atoms with Gasteiger partial charge in [0.2, 0.25) is 0 Å². The topological polar surface area (TPSA) is 41.5 Å². The van der Waals surface area contributed by atoms with E-state index in [1.165, 1.54) is 5.56 Å². The molecule has 0 aliphatic carbocycles. The van der Waals surface area contributed by atoms with Crippen molar-refractivity contribution in [3.8, 4) is 5.75 Å². The fourth-order valence-corrected chi connectivity index (χ4v) is 2.66. The molecule has 0 radical (unpaired) electrons. The third-order valence-electron chi connectivity index (χ3n) is 2.75. The number of hydrogen-bond donors (Lipinski definition) is 2. The summed E-state index contributed by atoms with van der Waals surface area (Å²) in [7, 11) is 0. The molecular formula is C15H25NO2S. The van der Waals surface area contributed by atoms with Crippen molar-refractivity contribution in [1.29, 1.82) is 0 Å². The van der Waals surface area contributed by atoms with Gasteiger partial charge in [0.25, 0.3) is 0 Å². The van der Waals surface area contributed by atoms with Crippen LogP contribution < -0.4 is 10.1 Å². The molecule has 0 aliphatic rings. The van der Waals surface area contributed by atoms with Crippen LogP contribution in [0.3, 0.4) is 0 Å². The Morgan fingerprint density at radius 1 is 1.26 bits per heavy atom. The second-order valence-electron chi connectivity index (χ2n) is 4.31. The minimum absolute atomic E-state index is 0.244. The number of benzene rings is 1. The first kappa shape index (κ1) is 16.3. The zero-order valence-corrected chi connectivity index (χ0v) is 12.7. The van der Waals surface area contributed by atoms with E-state index in [0.717, 1.165) is 30.2 Å². The van der Waals surface area contributed by atoms with Gasteiger partial charge in [-0.15, -0.1) is 0 Å². The van der Waals surface area contributed by atoms with Gasteiger partial charge in [-0.25, -0.2) is 0 Å². The van der Waals surface area contributed by atoms with Crippen molar-refractivity contribution in [2.24, 2.45) is 0 Å². The molecule has 1 atom stereocenters. The molecule has 1 unspecified atom stereocenters. The van der Waals surface area contributed by atoms with Gasteiger partial charge in [0, 0.05) is 17.5 Å². The highest BCUT2D eigenvalue weighted by atomic mass is 32.2. The zero-order chi connectivity index (χ0) is 13.9. The molecule has 0 fully saturated rings. The van der Waals surface area contributed by atoms with Gasteiger partial charge in [-0.2, -0.15) is 11.8 Å². The molecular weight excluding hydrogens is 258 g/mol. The summed E-state index contributed by atoms with van der Waals surface area (Å²) in [5.41, 5.74) is 1.28. The summed E-state index contributed by atoms with van der Waals surface area (Å²) in [4.78, 5) is 0. The lowest BCUT2D eigenvalue weighted by atomic mass is 10.1. The van der Waals surface area contributed by atoms with Crippen molar-refractivity contribution >= 4 is 11.8 Å². The Morgan fingerprint density at radius 2 is 2.00 bits per heavy atom. The van der Waals surface area contributed by atoms with Crippen LogP contribution in [-0.2, 0) is 0 Å². The summed E-state index contributed by atoms with van der Waals surface area (Å²) < 4.78 is 5.46. The molecule has 0 aromatic heterocycles. The Labute approximate surface area is 120 Å². The third kappa shape index (κ3) is 6.32. The van der Waals surface area contributed by atoms with E-state index in [1.807, 2.05) is 19.1 Å². The van der Waals surface area contributed by atoms with Gasteiger partial charge < -0.3 is 15.2 Å². The van der Waals surface area contributed by atoms with Gasteiger partial charge >= 0.3 is 0 Å². The van der Waals surface area contributed by atoms with E-state index in [4.69, 9.17) is 9.84 Å². The van der Waals surface area contributed by atoms with Crippen LogP contribution in [-0.4, -0.2) is 36.4 Å². The van der Waals surface area contributed by atoms with Crippen LogP contribution in [0.1, 0.15) is 31.9 Å². The van der Waals surface area contributed by atoms with Gasteiger partial charge in [0.05, 0.1) is 13.2 Å². The fourth-order valence-electron chi connectivity index (χ4n) is 1.82. The highest BCUT2D eigenvalue weighted by molar-refractivity contribution is 7.99. The van der Waals surface area contributed by atoms with E-state index in [0.29, 0.717) is 12.6 Å². The number of aliphatic hydroxyl groups is 1. The molecule has 108 valence electrons. The number of aliphatic hydroxyl groups excluding tert-OH is 1. The van der Waals surface area contributed by atoms with Gasteiger partial charge in [0.15, 0.2) is 0 Å². The predicted octanol–water partition coefficient (Wildman–Crippen LogP) is 2.85. The van der Waals surface area contributed by atoms with Crippen molar-refractivity contribution in [3.63, 3.8) is 0 Å². The van der Waals surface area contributed by atoms with E-state index in [9.17, 15) is 0 Å². The molecule has 19 heavy (non-hydrogen) atoms. The summed E-state index contributed by atoms with van der Waals surface area (Å²) in [5.74, 6) is 2.69. The van der Waals surface area contributed by atoms with Crippen LogP contribution >= 0.6 is 11.8 Å². The van der Waals surface area contributed by atoms with E-state index in [1.54, 1.807) is 11.8 Å². The highest BCUT2D eigenvalue weighted by Gasteiger charge is 2.10. The summed E-state index contributed by atoms with van der Waals surface area (Å²) in [6.07, 6.45) is 1.12. The first-order valence-electron chi connectivity index (χ1n) is 6.96. The number of hydrogen-bond acceptors (Lipinski definition) is 4. The standard InChI is InChI=1S/C15H25NO2S/c1-3-9-16-15(12-19-11-10-17)13-5-7-14(8-6-13)18-4-2/h5-8,15-17H,3-4,9-12H2,1-2H3. The molecule has 3 nitrogen and oxygen atoms in total. The molecule has 0 amide bonds. The fraction of sp³-hybridized carbons (Fsp3) is 0.600. The highest BCUT2D eigenvalue weighted by Crippen LogP contribution is 2.21. The normalized spacial score (nSPS) is 12.4. The van der Waals surface area contributed by atoms with Crippen LogP contribution in [0.2, 0.25) is 0 Å². The lowest BCUT2D eigenvalue weighted by molar-refractivity contribution is 0.322. The SMILES string of the molecule is CCCNC(CSCCO)c1ccc(OCC)cc1. The van der Waals surface area contributed by atoms with E-state index >= 15 is 0 Å². The summed E-state index contributed by atoms with van der Waals surface area (Å²) in [5, 5.41) is 12.4. The summed E-state index contributed by atoms with van der Waals surface area (Å²) in [6, 6.07) is 8.63. The van der Waals surface area contributed by atoms with Crippen LogP contribution in [0.25, 0.3) is 0 Å². The van der Waals surface area contributed by atoms with Gasteiger partial charge in [-0.1, -0.05) is 19.1 Å². The second-order valence-corrected chi connectivity index (χ2v) is 5.46. The first-order valence-corrected chi connectivity index (χ1v) is 8.12. The Morgan fingerprint density at radius 3 is 2.58 bits per heavy atom. The maximum absolute atomic E-state index is 8.86. The predicted molar refractivity (Wildman–Crippen MR) is 83.1 cm³/mol. The maximum Gasteiger partial charge on any atom is 0.119 e. The second kappa shape index (κ2) is 10.1. The smallest absolute Gasteiger partial charge is 0.119 e. The lowest BCUT2D eigenvalue weighted by Gasteiger charge is -2.19. The monoisotopic (exact) mass is 283 g/mol. The van der Waals surface area contributed by atoms with Crippen LogP contribution in [0.5, 0.6) is 5.75 Å². The molecule has 0 aliphatic heterocycles. The van der Waals surface area contributed by atoms with E-state index in [-0.39, 0.29) is 6.61 Å². The minimum atomic E-state index is 0.244. The number of rotatable bonds is 10. The Hall–Kier alpha value is -0.710. The van der Waals surface area contributed by atoms with Crippen molar-refractivity contribution < 1.29 is 9.84 Å². The number of thioether (sulfide) groups is 1. The largest absolute Gasteiger partial charge is 0.494 e.